The van der Waals surface area contributed by atoms with Gasteiger partial charge in [0.2, 0.25) is 0 Å². The summed E-state index contributed by atoms with van der Waals surface area (Å²) >= 11 is 0. The van der Waals surface area contributed by atoms with Crippen LogP contribution >= 0.6 is 0 Å². The van der Waals surface area contributed by atoms with E-state index in [1.165, 1.54) is 38.4 Å². The molecule has 0 atom stereocenters. The molecule has 10 heteroatoms. The molecule has 1 aromatic heterocycles. The predicted molar refractivity (Wildman–Crippen MR) is 118 cm³/mol. The first kappa shape index (κ1) is 23.6. The molecule has 0 aliphatic heterocycles. The van der Waals surface area contributed by atoms with Gasteiger partial charge in [-0.25, -0.2) is 4.79 Å². The number of nitrogens with zero attached hydrogens (tertiary/aromatic N) is 1. The Morgan fingerprint density at radius 2 is 1.64 bits per heavy atom. The lowest BCUT2D eigenvalue weighted by Gasteiger charge is -2.14. The van der Waals surface area contributed by atoms with Crippen LogP contribution in [0.25, 0.3) is 0 Å². The number of halogens is 3. The van der Waals surface area contributed by atoms with Crippen LogP contribution in [-0.2, 0) is 6.18 Å². The van der Waals surface area contributed by atoms with Gasteiger partial charge in [0.05, 0.1) is 5.56 Å². The normalized spacial score (nSPS) is 11.0. The van der Waals surface area contributed by atoms with E-state index < -0.39 is 17.8 Å². The Morgan fingerprint density at radius 3 is 2.30 bits per heavy atom. The molecule has 3 amide bonds. The van der Waals surface area contributed by atoms with Crippen LogP contribution in [-0.4, -0.2) is 24.0 Å². The van der Waals surface area contributed by atoms with E-state index in [1.54, 1.807) is 31.2 Å². The van der Waals surface area contributed by atoms with E-state index in [-0.39, 0.29) is 22.9 Å². The van der Waals surface area contributed by atoms with Gasteiger partial charge in [-0.2, -0.15) is 13.2 Å². The first-order valence-electron chi connectivity index (χ1n) is 9.79. The summed E-state index contributed by atoms with van der Waals surface area (Å²) in [5.74, 6) is 0.514. The number of pyridine rings is 1. The third kappa shape index (κ3) is 6.00. The fourth-order valence-corrected chi connectivity index (χ4v) is 2.99. The zero-order valence-corrected chi connectivity index (χ0v) is 18.0. The smallest absolute Gasteiger partial charge is 0.416 e. The molecule has 3 aromatic rings. The Balaban J connectivity index is 1.68. The lowest BCUT2D eigenvalue weighted by molar-refractivity contribution is -0.138. The van der Waals surface area contributed by atoms with Crippen molar-refractivity contribution in [1.29, 1.82) is 0 Å². The minimum atomic E-state index is -4.51. The molecule has 0 aliphatic carbocycles. The Bertz CT molecular complexity index is 1200. The van der Waals surface area contributed by atoms with Crippen molar-refractivity contribution in [2.45, 2.75) is 20.0 Å². The minimum absolute atomic E-state index is 0.0210. The maximum atomic E-state index is 13.1. The highest BCUT2D eigenvalue weighted by molar-refractivity contribution is 6.00. The maximum Gasteiger partial charge on any atom is 0.416 e. The Morgan fingerprint density at radius 1 is 0.909 bits per heavy atom. The van der Waals surface area contributed by atoms with Crippen molar-refractivity contribution < 1.29 is 27.5 Å². The van der Waals surface area contributed by atoms with E-state index >= 15 is 0 Å². The topological polar surface area (TPSA) is 92.4 Å². The van der Waals surface area contributed by atoms with Crippen molar-refractivity contribution in [2.24, 2.45) is 0 Å². The third-order valence-corrected chi connectivity index (χ3v) is 4.67. The van der Waals surface area contributed by atoms with Crippen LogP contribution in [0.2, 0.25) is 0 Å². The number of rotatable bonds is 5. The summed E-state index contributed by atoms with van der Waals surface area (Å²) in [5.41, 5.74) is 0.580. The second-order valence-corrected chi connectivity index (χ2v) is 7.14. The van der Waals surface area contributed by atoms with Crippen LogP contribution in [0.5, 0.6) is 11.5 Å². The molecule has 33 heavy (non-hydrogen) atoms. The van der Waals surface area contributed by atoms with Gasteiger partial charge in [-0.1, -0.05) is 6.07 Å². The van der Waals surface area contributed by atoms with Crippen LogP contribution in [0.3, 0.4) is 0 Å². The molecule has 172 valence electrons. The molecule has 1 heterocycles. The summed E-state index contributed by atoms with van der Waals surface area (Å²) in [7, 11) is 1.50. The average molecular weight is 458 g/mol. The van der Waals surface area contributed by atoms with E-state index in [0.29, 0.717) is 22.7 Å². The summed E-state index contributed by atoms with van der Waals surface area (Å²) in [6.07, 6.45) is -3.07. The molecule has 7 nitrogen and oxygen atoms in total. The van der Waals surface area contributed by atoms with Crippen LogP contribution in [0.15, 0.2) is 54.7 Å². The number of aryl methyl sites for hydroxylation is 2. The summed E-state index contributed by atoms with van der Waals surface area (Å²) < 4.78 is 45.0. The van der Waals surface area contributed by atoms with Gasteiger partial charge in [0.1, 0.15) is 17.2 Å². The molecule has 3 rings (SSSR count). The van der Waals surface area contributed by atoms with Gasteiger partial charge in [0, 0.05) is 30.7 Å². The molecule has 0 saturated heterocycles. The quantitative estimate of drug-likeness (QED) is 0.470. The van der Waals surface area contributed by atoms with Gasteiger partial charge in [-0.15, -0.1) is 0 Å². The highest BCUT2D eigenvalue weighted by Crippen LogP contribution is 2.33. The molecular weight excluding hydrogens is 437 g/mol. The van der Waals surface area contributed by atoms with Crippen LogP contribution in [0.4, 0.5) is 29.3 Å². The van der Waals surface area contributed by atoms with Gasteiger partial charge in [-0.3, -0.25) is 9.78 Å². The first-order chi connectivity index (χ1) is 15.6. The van der Waals surface area contributed by atoms with Gasteiger partial charge in [-0.05, 0) is 61.4 Å². The largest absolute Gasteiger partial charge is 0.457 e. The lowest BCUT2D eigenvalue weighted by atomic mass is 10.1. The van der Waals surface area contributed by atoms with Gasteiger partial charge >= 0.3 is 12.2 Å². The Hall–Kier alpha value is -4.08. The maximum absolute atomic E-state index is 13.1. The number of carbonyl (C=O) groups excluding carboxylic acids is 2. The molecule has 0 unspecified atom stereocenters. The minimum Gasteiger partial charge on any atom is -0.457 e. The van der Waals surface area contributed by atoms with E-state index in [9.17, 15) is 22.8 Å². The van der Waals surface area contributed by atoms with Gasteiger partial charge in [0.15, 0.2) is 0 Å². The zero-order valence-electron chi connectivity index (χ0n) is 18.0. The van der Waals surface area contributed by atoms with Gasteiger partial charge in [0.25, 0.3) is 5.91 Å². The average Bonchev–Trinajstić information content (AvgIpc) is 2.76. The van der Waals surface area contributed by atoms with Crippen LogP contribution < -0.4 is 20.7 Å². The van der Waals surface area contributed by atoms with Crippen LogP contribution in [0.1, 0.15) is 27.2 Å². The van der Waals surface area contributed by atoms with E-state index in [1.807, 2.05) is 0 Å². The number of nitrogens with one attached hydrogen (secondary N) is 3. The number of alkyl halides is 3. The molecule has 0 saturated carbocycles. The first-order valence-corrected chi connectivity index (χ1v) is 9.79. The molecule has 0 bridgehead atoms. The highest BCUT2D eigenvalue weighted by Gasteiger charge is 2.32. The number of anilines is 2. The Kier molecular flexibility index (Phi) is 6.86. The third-order valence-electron chi connectivity index (χ3n) is 4.67. The summed E-state index contributed by atoms with van der Waals surface area (Å²) in [4.78, 5) is 28.0. The second kappa shape index (κ2) is 9.60. The summed E-state index contributed by atoms with van der Waals surface area (Å²) in [6.45, 7) is 3.09. The number of hydrogen-bond donors (Lipinski definition) is 3. The molecule has 0 aliphatic rings. The number of aromatic nitrogens is 1. The highest BCUT2D eigenvalue weighted by atomic mass is 19.4. The summed E-state index contributed by atoms with van der Waals surface area (Å²) in [5, 5.41) is 7.49. The van der Waals surface area contributed by atoms with Gasteiger partial charge < -0.3 is 20.7 Å². The van der Waals surface area contributed by atoms with Crippen molar-refractivity contribution in [3.8, 4) is 11.5 Å². The number of benzene rings is 2. The molecule has 0 spiro atoms. The number of carbonyl (C=O) groups is 2. The Labute approximate surface area is 188 Å². The second-order valence-electron chi connectivity index (χ2n) is 7.14. The standard InChI is InChI=1S/C23H21F3N4O3/c1-13-4-5-15(11-18(13)23(24,25)26)29-22(32)30-19-7-6-16(10-14(19)2)33-17-8-9-28-20(12-17)21(31)27-3/h4-12H,1-3H3,(H,27,31)(H2,29,30,32). The molecule has 0 fully saturated rings. The number of amides is 3. The van der Waals surface area contributed by atoms with Crippen LogP contribution in [0, 0.1) is 13.8 Å². The zero-order chi connectivity index (χ0) is 24.2. The fraction of sp³-hybridized carbons (Fsp3) is 0.174. The van der Waals surface area contributed by atoms with Crippen molar-refractivity contribution in [3.63, 3.8) is 0 Å². The molecule has 2 aromatic carbocycles. The predicted octanol–water partition coefficient (Wildman–Crippen LogP) is 5.51. The van der Waals surface area contributed by atoms with Crippen molar-refractivity contribution in [1.82, 2.24) is 10.3 Å². The number of ether oxygens (including phenoxy) is 1. The number of hydrogen-bond acceptors (Lipinski definition) is 4. The number of urea groups is 1. The SMILES string of the molecule is CNC(=O)c1cc(Oc2ccc(NC(=O)Nc3ccc(C)c(C(F)(F)F)c3)c(C)c2)ccn1. The summed E-state index contributed by atoms with van der Waals surface area (Å²) in [6, 6.07) is 10.9. The van der Waals surface area contributed by atoms with Crippen molar-refractivity contribution in [3.05, 3.63) is 77.1 Å². The fourth-order valence-electron chi connectivity index (χ4n) is 2.99. The van der Waals surface area contributed by atoms with E-state index in [0.717, 1.165) is 6.07 Å². The molecule has 3 N–H and O–H groups in total. The molecular formula is C23H21F3N4O3. The van der Waals surface area contributed by atoms with E-state index in [4.69, 9.17) is 4.74 Å². The van der Waals surface area contributed by atoms with E-state index in [2.05, 4.69) is 20.9 Å². The monoisotopic (exact) mass is 458 g/mol. The molecule has 0 radical (unpaired) electrons. The lowest BCUT2D eigenvalue weighted by Crippen LogP contribution is -2.20. The van der Waals surface area contributed by atoms with Crippen molar-refractivity contribution >= 4 is 23.3 Å². The van der Waals surface area contributed by atoms with Crippen molar-refractivity contribution in [2.75, 3.05) is 17.7 Å².